The summed E-state index contributed by atoms with van der Waals surface area (Å²) in [6, 6.07) is 31.2. The van der Waals surface area contributed by atoms with Crippen molar-refractivity contribution in [3.05, 3.63) is 114 Å². The first kappa shape index (κ1) is 23.2. The van der Waals surface area contributed by atoms with Gasteiger partial charge in [0.1, 0.15) is 0 Å². The number of likely N-dealkylation sites (tertiary alicyclic amines) is 1. The van der Waals surface area contributed by atoms with E-state index in [0.29, 0.717) is 19.6 Å². The average Bonchev–Trinajstić information content (AvgIpc) is 3.57. The van der Waals surface area contributed by atoms with Crippen LogP contribution in [-0.2, 0) is 6.54 Å². The Kier molecular flexibility index (Phi) is 7.19. The zero-order valence-corrected chi connectivity index (χ0v) is 20.7. The fourth-order valence-corrected chi connectivity index (χ4v) is 5.51. The zero-order valence-electron chi connectivity index (χ0n) is 19.9. The van der Waals surface area contributed by atoms with Crippen molar-refractivity contribution in [1.29, 1.82) is 0 Å². The van der Waals surface area contributed by atoms with Crippen LogP contribution in [0.3, 0.4) is 0 Å². The van der Waals surface area contributed by atoms with E-state index in [9.17, 15) is 4.79 Å². The minimum atomic E-state index is -0.0220. The van der Waals surface area contributed by atoms with Crippen LogP contribution in [0.1, 0.15) is 35.6 Å². The highest BCUT2D eigenvalue weighted by Crippen LogP contribution is 2.40. The number of benzene rings is 3. The third kappa shape index (κ3) is 5.28. The smallest absolute Gasteiger partial charge is 0.317 e. The van der Waals surface area contributed by atoms with Crippen molar-refractivity contribution < 1.29 is 4.79 Å². The van der Waals surface area contributed by atoms with E-state index < -0.39 is 0 Å². The topological polar surface area (TPSA) is 50.2 Å². The van der Waals surface area contributed by atoms with Crippen LogP contribution < -0.4 is 5.32 Å². The Bertz CT molecular complexity index is 1240. The summed E-state index contributed by atoms with van der Waals surface area (Å²) in [4.78, 5) is 16.4. The number of aromatic nitrogens is 2. The number of urea groups is 1. The molecule has 0 aliphatic carbocycles. The molecule has 0 spiro atoms. The van der Waals surface area contributed by atoms with Gasteiger partial charge in [0.2, 0.25) is 0 Å². The molecule has 1 saturated heterocycles. The van der Waals surface area contributed by atoms with Gasteiger partial charge in [-0.15, -0.1) is 11.8 Å². The Morgan fingerprint density at radius 3 is 2.31 bits per heavy atom. The lowest BCUT2D eigenvalue weighted by molar-refractivity contribution is 0.207. The number of para-hydroxylation sites is 1. The predicted octanol–water partition coefficient (Wildman–Crippen LogP) is 6.08. The molecular weight excluding hydrogens is 452 g/mol. The maximum atomic E-state index is 13.2. The molecule has 1 aliphatic heterocycles. The summed E-state index contributed by atoms with van der Waals surface area (Å²) >= 11 is 1.82. The second kappa shape index (κ2) is 10.8. The van der Waals surface area contributed by atoms with Gasteiger partial charge in [-0.1, -0.05) is 67.6 Å². The number of nitrogens with one attached hydrogen (secondary N) is 1. The third-order valence-electron chi connectivity index (χ3n) is 6.57. The normalized spacial score (nSPS) is 17.5. The highest BCUT2D eigenvalue weighted by atomic mass is 32.2. The van der Waals surface area contributed by atoms with Crippen LogP contribution >= 0.6 is 11.8 Å². The second-order valence-electron chi connectivity index (χ2n) is 8.77. The number of carbonyl (C=O) groups is 1. The van der Waals surface area contributed by atoms with Gasteiger partial charge in [0.15, 0.2) is 0 Å². The quantitative estimate of drug-likeness (QED) is 0.325. The number of nitrogens with zero attached hydrogens (tertiary/aromatic N) is 3. The molecule has 2 amide bonds. The number of hydrogen-bond donors (Lipinski definition) is 1. The summed E-state index contributed by atoms with van der Waals surface area (Å²) in [6.45, 7) is 4.00. The van der Waals surface area contributed by atoms with E-state index in [4.69, 9.17) is 0 Å². The van der Waals surface area contributed by atoms with Crippen molar-refractivity contribution >= 4 is 17.8 Å². The van der Waals surface area contributed by atoms with Crippen LogP contribution in [0.5, 0.6) is 0 Å². The van der Waals surface area contributed by atoms with Gasteiger partial charge in [-0.2, -0.15) is 5.10 Å². The van der Waals surface area contributed by atoms with Gasteiger partial charge >= 0.3 is 6.03 Å². The molecule has 0 bridgehead atoms. The first-order chi connectivity index (χ1) is 17.2. The molecule has 4 aromatic rings. The molecule has 5 nitrogen and oxygen atoms in total. The van der Waals surface area contributed by atoms with Crippen LogP contribution in [-0.4, -0.2) is 39.6 Å². The lowest BCUT2D eigenvalue weighted by atomic mass is 9.86. The van der Waals surface area contributed by atoms with E-state index in [1.807, 2.05) is 51.8 Å². The molecule has 1 N–H and O–H groups in total. The van der Waals surface area contributed by atoms with E-state index in [1.54, 1.807) is 0 Å². The minimum Gasteiger partial charge on any atom is -0.334 e. The van der Waals surface area contributed by atoms with Gasteiger partial charge in [0, 0.05) is 48.3 Å². The van der Waals surface area contributed by atoms with Gasteiger partial charge in [0.05, 0.1) is 5.69 Å². The van der Waals surface area contributed by atoms with Crippen LogP contribution in [0.2, 0.25) is 0 Å². The van der Waals surface area contributed by atoms with Crippen molar-refractivity contribution in [3.63, 3.8) is 0 Å². The lowest BCUT2D eigenvalue weighted by Gasteiger charge is -2.20. The van der Waals surface area contributed by atoms with Gasteiger partial charge in [-0.25, -0.2) is 9.48 Å². The molecule has 0 saturated carbocycles. The third-order valence-corrected chi connectivity index (χ3v) is 7.46. The van der Waals surface area contributed by atoms with Crippen molar-refractivity contribution in [2.24, 2.45) is 0 Å². The molecule has 2 atom stereocenters. The first-order valence-electron chi connectivity index (χ1n) is 12.1. The number of thioether (sulfide) groups is 1. The number of rotatable bonds is 7. The molecule has 2 heterocycles. The molecule has 2 unspecified atom stereocenters. The zero-order chi connectivity index (χ0) is 24.0. The van der Waals surface area contributed by atoms with E-state index in [1.165, 1.54) is 10.5 Å². The molecule has 0 radical (unpaired) electrons. The summed E-state index contributed by atoms with van der Waals surface area (Å²) in [6.07, 6.45) is 1.85. The second-order valence-corrected chi connectivity index (χ2v) is 10.1. The van der Waals surface area contributed by atoms with Gasteiger partial charge in [-0.05, 0) is 47.2 Å². The molecule has 6 heteroatoms. The molecule has 35 heavy (non-hydrogen) atoms. The van der Waals surface area contributed by atoms with Gasteiger partial charge < -0.3 is 10.2 Å². The van der Waals surface area contributed by atoms with E-state index >= 15 is 0 Å². The van der Waals surface area contributed by atoms with E-state index in [2.05, 4.69) is 84.1 Å². The van der Waals surface area contributed by atoms with Crippen LogP contribution in [0.15, 0.2) is 102 Å². The van der Waals surface area contributed by atoms with Crippen molar-refractivity contribution in [3.8, 4) is 5.69 Å². The Balaban J connectivity index is 1.35. The van der Waals surface area contributed by atoms with Gasteiger partial charge in [-0.3, -0.25) is 0 Å². The Labute approximate surface area is 211 Å². The van der Waals surface area contributed by atoms with Crippen LogP contribution in [0, 0.1) is 0 Å². The molecule has 3 aromatic carbocycles. The summed E-state index contributed by atoms with van der Waals surface area (Å²) in [5.74, 6) is 1.40. The summed E-state index contributed by atoms with van der Waals surface area (Å²) < 4.78 is 2.01. The maximum Gasteiger partial charge on any atom is 0.317 e. The largest absolute Gasteiger partial charge is 0.334 e. The fourth-order valence-electron chi connectivity index (χ4n) is 4.85. The average molecular weight is 483 g/mol. The van der Waals surface area contributed by atoms with Crippen molar-refractivity contribution in [2.45, 2.75) is 30.2 Å². The summed E-state index contributed by atoms with van der Waals surface area (Å²) in [7, 11) is 0. The van der Waals surface area contributed by atoms with Crippen molar-refractivity contribution in [1.82, 2.24) is 20.0 Å². The summed E-state index contributed by atoms with van der Waals surface area (Å²) in [5, 5.41) is 7.76. The lowest BCUT2D eigenvalue weighted by Crippen LogP contribution is -2.38. The standard InChI is InChI=1S/C29H30N4OS/c1-2-35-25-15-13-22(14-16-25)19-30-29(34)32-20-26(23-9-5-3-6-10-23)27(21-32)28-17-18-31-33(28)24-11-7-4-8-12-24/h3-18,26-27H,2,19-21H2,1H3,(H,30,34). The van der Waals surface area contributed by atoms with Crippen LogP contribution in [0.4, 0.5) is 4.79 Å². The number of hydrogen-bond acceptors (Lipinski definition) is 3. The SMILES string of the molecule is CCSc1ccc(CNC(=O)N2CC(c3ccccc3)C(c3ccnn3-c3ccccc3)C2)cc1. The highest BCUT2D eigenvalue weighted by Gasteiger charge is 2.38. The molecule has 1 aliphatic rings. The highest BCUT2D eigenvalue weighted by molar-refractivity contribution is 7.99. The van der Waals surface area contributed by atoms with E-state index in [0.717, 1.165) is 22.7 Å². The molecule has 178 valence electrons. The minimum absolute atomic E-state index is 0.0220. The summed E-state index contributed by atoms with van der Waals surface area (Å²) in [5.41, 5.74) is 4.52. The van der Waals surface area contributed by atoms with E-state index in [-0.39, 0.29) is 17.9 Å². The predicted molar refractivity (Wildman–Crippen MR) is 142 cm³/mol. The molecule has 1 fully saturated rings. The Morgan fingerprint density at radius 2 is 1.60 bits per heavy atom. The fraction of sp³-hybridized carbons (Fsp3) is 0.241. The molecule has 1 aromatic heterocycles. The molecular formula is C29H30N4OS. The van der Waals surface area contributed by atoms with Crippen molar-refractivity contribution in [2.75, 3.05) is 18.8 Å². The number of amides is 2. The van der Waals surface area contributed by atoms with Crippen LogP contribution in [0.25, 0.3) is 5.69 Å². The first-order valence-corrected chi connectivity index (χ1v) is 13.1. The number of carbonyl (C=O) groups excluding carboxylic acids is 1. The molecule has 5 rings (SSSR count). The Morgan fingerprint density at radius 1 is 0.914 bits per heavy atom. The monoisotopic (exact) mass is 482 g/mol. The van der Waals surface area contributed by atoms with Gasteiger partial charge in [0.25, 0.3) is 0 Å². The maximum absolute atomic E-state index is 13.2. The Hall–Kier alpha value is -3.51.